The maximum absolute atomic E-state index is 12.6. The van der Waals surface area contributed by atoms with Crippen LogP contribution in [-0.4, -0.2) is 13.0 Å². The molecule has 0 aliphatic carbocycles. The third kappa shape index (κ3) is 6.58. The highest BCUT2D eigenvalue weighted by molar-refractivity contribution is 14.1. The average molecular weight is 668 g/mol. The van der Waals surface area contributed by atoms with Crippen LogP contribution in [0.2, 0.25) is 0 Å². The Hall–Kier alpha value is -2.35. The molecule has 3 aromatic carbocycles. The van der Waals surface area contributed by atoms with Crippen molar-refractivity contribution in [1.82, 2.24) is 0 Å². The summed E-state index contributed by atoms with van der Waals surface area (Å²) in [7, 11) is 1.54. The highest BCUT2D eigenvalue weighted by atomic mass is 127. The zero-order chi connectivity index (χ0) is 23.1. The Bertz CT molecular complexity index is 1200. The fourth-order valence-corrected chi connectivity index (χ4v) is 4.11. The van der Waals surface area contributed by atoms with Gasteiger partial charge >= 0.3 is 0 Å². The molecule has 0 unspecified atom stereocenters. The molecule has 0 fully saturated rings. The molecule has 1 N–H and O–H groups in total. The van der Waals surface area contributed by atoms with E-state index in [2.05, 4.69) is 59.8 Å². The van der Waals surface area contributed by atoms with Crippen molar-refractivity contribution in [3.63, 3.8) is 0 Å². The van der Waals surface area contributed by atoms with Gasteiger partial charge in [0.05, 0.1) is 11.6 Å². The Morgan fingerprint density at radius 2 is 1.91 bits per heavy atom. The van der Waals surface area contributed by atoms with Gasteiger partial charge in [0.1, 0.15) is 18.2 Å². The van der Waals surface area contributed by atoms with Crippen molar-refractivity contribution < 1.29 is 14.3 Å². The number of amides is 1. The van der Waals surface area contributed by atoms with Crippen LogP contribution in [0.1, 0.15) is 11.1 Å². The number of halogens is 3. The number of ether oxygens (including phenoxy) is 2. The summed E-state index contributed by atoms with van der Waals surface area (Å²) in [4.78, 5) is 12.6. The smallest absolute Gasteiger partial charge is 0.266 e. The molecule has 0 radical (unpaired) electrons. The second kappa shape index (κ2) is 11.5. The van der Waals surface area contributed by atoms with Crippen LogP contribution in [0.5, 0.6) is 11.5 Å². The van der Waals surface area contributed by atoms with Gasteiger partial charge in [-0.05, 0) is 98.2 Å². The largest absolute Gasteiger partial charge is 0.493 e. The number of hydrogen-bond donors (Lipinski definition) is 1. The standard InChI is InChI=1S/C24H17Br2IN2O3/c1-31-22-11-16(9-17(13-28)24(30)29-20-4-2-3-18(25)12-20)10-21(26)23(22)32-14-15-5-7-19(27)8-6-15/h2-12H,14H2,1H3,(H,29,30)/b17-9-. The number of nitrogens with zero attached hydrogens (tertiary/aromatic N) is 1. The summed E-state index contributed by atoms with van der Waals surface area (Å²) in [5.74, 6) is 0.529. The molecule has 0 heterocycles. The van der Waals surface area contributed by atoms with Gasteiger partial charge in [-0.15, -0.1) is 0 Å². The van der Waals surface area contributed by atoms with Crippen LogP contribution >= 0.6 is 54.5 Å². The lowest BCUT2D eigenvalue weighted by atomic mass is 10.1. The minimum absolute atomic E-state index is 0.0357. The summed E-state index contributed by atoms with van der Waals surface area (Å²) in [6.07, 6.45) is 1.50. The van der Waals surface area contributed by atoms with Crippen LogP contribution in [0, 0.1) is 14.9 Å². The molecule has 0 aliphatic rings. The monoisotopic (exact) mass is 666 g/mol. The van der Waals surface area contributed by atoms with Crippen LogP contribution in [0.3, 0.4) is 0 Å². The normalized spacial score (nSPS) is 10.9. The predicted octanol–water partition coefficient (Wildman–Crippen LogP) is 6.95. The van der Waals surface area contributed by atoms with Gasteiger partial charge in [-0.2, -0.15) is 5.26 Å². The number of hydrogen-bond acceptors (Lipinski definition) is 4. The number of anilines is 1. The van der Waals surface area contributed by atoms with Crippen LogP contribution in [0.4, 0.5) is 5.69 Å². The van der Waals surface area contributed by atoms with Crippen molar-refractivity contribution in [2.45, 2.75) is 6.61 Å². The average Bonchev–Trinajstić information content (AvgIpc) is 2.77. The molecule has 0 aromatic heterocycles. The highest BCUT2D eigenvalue weighted by Gasteiger charge is 2.14. The van der Waals surface area contributed by atoms with Crippen molar-refractivity contribution in [2.24, 2.45) is 0 Å². The molecule has 0 saturated carbocycles. The second-order valence-electron chi connectivity index (χ2n) is 6.58. The molecule has 0 spiro atoms. The Morgan fingerprint density at radius 3 is 2.56 bits per heavy atom. The molecule has 5 nitrogen and oxygen atoms in total. The maximum atomic E-state index is 12.6. The van der Waals surface area contributed by atoms with Gasteiger partial charge in [0.15, 0.2) is 11.5 Å². The van der Waals surface area contributed by atoms with E-state index in [0.717, 1.165) is 13.6 Å². The van der Waals surface area contributed by atoms with Crippen LogP contribution in [0.25, 0.3) is 6.08 Å². The topological polar surface area (TPSA) is 71.3 Å². The molecular weight excluding hydrogens is 651 g/mol. The third-order valence-corrected chi connectivity index (χ3v) is 6.11. The number of nitrogens with one attached hydrogen (secondary N) is 1. The molecule has 0 atom stereocenters. The molecule has 0 saturated heterocycles. The Kier molecular flexibility index (Phi) is 8.73. The van der Waals surface area contributed by atoms with Crippen molar-refractivity contribution in [1.29, 1.82) is 5.26 Å². The van der Waals surface area contributed by atoms with Gasteiger partial charge < -0.3 is 14.8 Å². The molecule has 0 aliphatic heterocycles. The van der Waals surface area contributed by atoms with Gasteiger partial charge in [0.2, 0.25) is 0 Å². The number of methoxy groups -OCH3 is 1. The molecule has 3 aromatic rings. The summed E-state index contributed by atoms with van der Waals surface area (Å²) in [5, 5.41) is 12.2. The fourth-order valence-electron chi connectivity index (χ4n) is 2.78. The van der Waals surface area contributed by atoms with Gasteiger partial charge in [-0.3, -0.25) is 4.79 Å². The van der Waals surface area contributed by atoms with E-state index >= 15 is 0 Å². The minimum atomic E-state index is -0.500. The van der Waals surface area contributed by atoms with Gasteiger partial charge in [-0.25, -0.2) is 0 Å². The highest BCUT2D eigenvalue weighted by Crippen LogP contribution is 2.38. The van der Waals surface area contributed by atoms with E-state index in [1.54, 1.807) is 30.3 Å². The second-order valence-corrected chi connectivity index (χ2v) is 9.60. The van der Waals surface area contributed by atoms with Crippen molar-refractivity contribution in [3.05, 3.63) is 89.9 Å². The first-order valence-corrected chi connectivity index (χ1v) is 12.0. The van der Waals surface area contributed by atoms with E-state index in [4.69, 9.17) is 9.47 Å². The summed E-state index contributed by atoms with van der Waals surface area (Å²) >= 11 is 9.12. The number of carbonyl (C=O) groups excluding carboxylic acids is 1. The number of nitriles is 1. The van der Waals surface area contributed by atoms with Gasteiger partial charge in [-0.1, -0.05) is 34.1 Å². The summed E-state index contributed by atoms with van der Waals surface area (Å²) in [5.41, 5.74) is 2.20. The number of benzene rings is 3. The summed E-state index contributed by atoms with van der Waals surface area (Å²) in [6.45, 7) is 0.375. The van der Waals surface area contributed by atoms with E-state index in [0.29, 0.717) is 33.8 Å². The minimum Gasteiger partial charge on any atom is -0.493 e. The third-order valence-electron chi connectivity index (χ3n) is 4.31. The van der Waals surface area contributed by atoms with E-state index in [1.165, 1.54) is 13.2 Å². The predicted molar refractivity (Wildman–Crippen MR) is 141 cm³/mol. The van der Waals surface area contributed by atoms with Crippen LogP contribution < -0.4 is 14.8 Å². The van der Waals surface area contributed by atoms with Crippen molar-refractivity contribution >= 4 is 72.1 Å². The first kappa shape index (κ1) is 24.3. The molecule has 8 heteroatoms. The quantitative estimate of drug-likeness (QED) is 0.168. The lowest BCUT2D eigenvalue weighted by Crippen LogP contribution is -2.13. The molecule has 1 amide bonds. The zero-order valence-corrected chi connectivity index (χ0v) is 22.2. The summed E-state index contributed by atoms with van der Waals surface area (Å²) in [6, 6.07) is 20.6. The number of carbonyl (C=O) groups is 1. The van der Waals surface area contributed by atoms with E-state index in [9.17, 15) is 10.1 Å². The van der Waals surface area contributed by atoms with Crippen molar-refractivity contribution in [3.8, 4) is 17.6 Å². The first-order valence-electron chi connectivity index (χ1n) is 9.33. The Balaban J connectivity index is 1.81. The maximum Gasteiger partial charge on any atom is 0.266 e. The van der Waals surface area contributed by atoms with Crippen LogP contribution in [-0.2, 0) is 11.4 Å². The molecule has 162 valence electrons. The Labute approximate surface area is 216 Å². The fraction of sp³-hybridized carbons (Fsp3) is 0.0833. The van der Waals surface area contributed by atoms with E-state index < -0.39 is 5.91 Å². The SMILES string of the molecule is COc1cc(/C=C(/C#N)C(=O)Nc2cccc(Br)c2)cc(Br)c1OCc1ccc(I)cc1. The first-order chi connectivity index (χ1) is 15.4. The van der Waals surface area contributed by atoms with E-state index in [-0.39, 0.29) is 5.57 Å². The molecular formula is C24H17Br2IN2O3. The molecule has 32 heavy (non-hydrogen) atoms. The molecule has 3 rings (SSSR count). The summed E-state index contributed by atoms with van der Waals surface area (Å²) < 4.78 is 14.1. The van der Waals surface area contributed by atoms with E-state index in [1.807, 2.05) is 36.4 Å². The van der Waals surface area contributed by atoms with Gasteiger partial charge in [0, 0.05) is 13.7 Å². The van der Waals surface area contributed by atoms with Crippen LogP contribution in [0.15, 0.2) is 75.2 Å². The number of rotatable bonds is 7. The zero-order valence-electron chi connectivity index (χ0n) is 16.9. The lowest BCUT2D eigenvalue weighted by Gasteiger charge is -2.14. The van der Waals surface area contributed by atoms with Gasteiger partial charge in [0.25, 0.3) is 5.91 Å². The Morgan fingerprint density at radius 1 is 1.16 bits per heavy atom. The molecule has 0 bridgehead atoms. The van der Waals surface area contributed by atoms with Crippen molar-refractivity contribution in [2.75, 3.05) is 12.4 Å². The lowest BCUT2D eigenvalue weighted by molar-refractivity contribution is -0.112.